The Morgan fingerprint density at radius 1 is 1.35 bits per heavy atom. The molecule has 0 saturated heterocycles. The molecule has 0 aliphatic heterocycles. The van der Waals surface area contributed by atoms with Gasteiger partial charge in [-0.2, -0.15) is 5.53 Å². The molecule has 5 N–H and O–H groups in total. The zero-order chi connectivity index (χ0) is 19.9. The summed E-state index contributed by atoms with van der Waals surface area (Å²) in [5.74, 6) is 5.83. The molecular formula is C19H30N4O3. The van der Waals surface area contributed by atoms with Gasteiger partial charge in [0.25, 0.3) is 0 Å². The molecule has 1 amide bonds. The van der Waals surface area contributed by atoms with Gasteiger partial charge in [-0.1, -0.05) is 36.4 Å². The summed E-state index contributed by atoms with van der Waals surface area (Å²) in [6.45, 7) is 10.5. The number of ether oxygens (including phenoxy) is 2. The standard InChI is InChI=1S/C18H25NO2.CH5N3O/c1-7-8-17(20-6)18(15(4)19-5)21-12-16-11-13(2)9-10-14(16)3;2-4-3-1-5/h7-11,19H,4,12H2,1-3,5-6H3;1,4H,2H2,(H,3,5)/b8-7-,18-17-;. The Hall–Kier alpha value is -2.77. The van der Waals surface area contributed by atoms with Crippen LogP contribution in [-0.2, 0) is 20.9 Å². The van der Waals surface area contributed by atoms with Crippen LogP contribution in [0, 0.1) is 13.8 Å². The van der Waals surface area contributed by atoms with Gasteiger partial charge in [0.05, 0.1) is 12.8 Å². The summed E-state index contributed by atoms with van der Waals surface area (Å²) in [5.41, 5.74) is 8.14. The van der Waals surface area contributed by atoms with Crippen LogP contribution < -0.4 is 22.1 Å². The number of hydrogen-bond acceptors (Lipinski definition) is 6. The summed E-state index contributed by atoms with van der Waals surface area (Å²) < 4.78 is 11.3. The summed E-state index contributed by atoms with van der Waals surface area (Å²) >= 11 is 0. The molecule has 0 radical (unpaired) electrons. The van der Waals surface area contributed by atoms with Crippen molar-refractivity contribution >= 4 is 6.41 Å². The highest BCUT2D eigenvalue weighted by molar-refractivity contribution is 5.44. The smallest absolute Gasteiger partial charge is 0.222 e. The van der Waals surface area contributed by atoms with Gasteiger partial charge in [-0.3, -0.25) is 16.1 Å². The van der Waals surface area contributed by atoms with Crippen LogP contribution in [-0.4, -0.2) is 20.6 Å². The predicted octanol–water partition coefficient (Wildman–Crippen LogP) is 2.10. The molecule has 1 aromatic carbocycles. The number of likely N-dealkylation sites (N-methyl/N-ethyl adjacent to an activating group) is 1. The quantitative estimate of drug-likeness (QED) is 0.177. The van der Waals surface area contributed by atoms with E-state index >= 15 is 0 Å². The van der Waals surface area contributed by atoms with E-state index in [-0.39, 0.29) is 0 Å². The Labute approximate surface area is 155 Å². The summed E-state index contributed by atoms with van der Waals surface area (Å²) in [7, 11) is 3.44. The first kappa shape index (κ1) is 23.2. The monoisotopic (exact) mass is 362 g/mol. The Bertz CT molecular complexity index is 640. The van der Waals surface area contributed by atoms with E-state index < -0.39 is 0 Å². The number of rotatable bonds is 9. The second-order valence-electron chi connectivity index (χ2n) is 5.25. The maximum Gasteiger partial charge on any atom is 0.222 e. The zero-order valence-electron chi connectivity index (χ0n) is 16.2. The Morgan fingerprint density at radius 2 is 2.04 bits per heavy atom. The maximum atomic E-state index is 9.15. The molecule has 144 valence electrons. The molecule has 7 nitrogen and oxygen atoms in total. The van der Waals surface area contributed by atoms with Crippen molar-refractivity contribution in [2.24, 2.45) is 5.84 Å². The molecule has 0 saturated carbocycles. The van der Waals surface area contributed by atoms with Crippen molar-refractivity contribution in [3.63, 3.8) is 0 Å². The largest absolute Gasteiger partial charge is 0.493 e. The fraction of sp³-hybridized carbons (Fsp3) is 0.316. The van der Waals surface area contributed by atoms with E-state index in [4.69, 9.17) is 14.3 Å². The molecule has 26 heavy (non-hydrogen) atoms. The lowest BCUT2D eigenvalue weighted by Crippen LogP contribution is -2.36. The predicted molar refractivity (Wildman–Crippen MR) is 104 cm³/mol. The van der Waals surface area contributed by atoms with Gasteiger partial charge in [-0.15, -0.1) is 0 Å². The van der Waals surface area contributed by atoms with Crippen molar-refractivity contribution < 1.29 is 14.3 Å². The number of carbonyl (C=O) groups is 1. The van der Waals surface area contributed by atoms with Crippen LogP contribution in [0.5, 0.6) is 0 Å². The van der Waals surface area contributed by atoms with E-state index in [1.165, 1.54) is 11.1 Å². The number of benzene rings is 1. The van der Waals surface area contributed by atoms with Crippen molar-refractivity contribution in [1.29, 1.82) is 0 Å². The molecule has 0 unspecified atom stereocenters. The van der Waals surface area contributed by atoms with Crippen molar-refractivity contribution in [2.45, 2.75) is 27.4 Å². The van der Waals surface area contributed by atoms with E-state index in [1.54, 1.807) is 7.11 Å². The number of nitrogens with one attached hydrogen (secondary N) is 3. The highest BCUT2D eigenvalue weighted by Crippen LogP contribution is 2.19. The van der Waals surface area contributed by atoms with E-state index in [9.17, 15) is 0 Å². The van der Waals surface area contributed by atoms with Gasteiger partial charge >= 0.3 is 0 Å². The van der Waals surface area contributed by atoms with Crippen LogP contribution in [0.25, 0.3) is 0 Å². The summed E-state index contributed by atoms with van der Waals surface area (Å²) in [5, 5.41) is 3.01. The highest BCUT2D eigenvalue weighted by atomic mass is 16.5. The van der Waals surface area contributed by atoms with Gasteiger partial charge < -0.3 is 14.8 Å². The summed E-state index contributed by atoms with van der Waals surface area (Å²) in [6.07, 6.45) is 4.21. The van der Waals surface area contributed by atoms with Gasteiger partial charge in [-0.25, -0.2) is 0 Å². The third kappa shape index (κ3) is 8.36. The second-order valence-corrected chi connectivity index (χ2v) is 5.25. The topological polar surface area (TPSA) is 97.6 Å². The minimum absolute atomic E-state index is 0.444. The average Bonchev–Trinajstić information content (AvgIpc) is 2.64. The summed E-state index contributed by atoms with van der Waals surface area (Å²) in [4.78, 5) is 9.15. The third-order valence-corrected chi connectivity index (χ3v) is 3.36. The summed E-state index contributed by atoms with van der Waals surface area (Å²) in [6, 6.07) is 6.34. The molecular weight excluding hydrogens is 332 g/mol. The van der Waals surface area contributed by atoms with Crippen molar-refractivity contribution in [3.05, 3.63) is 70.8 Å². The molecule has 7 heteroatoms. The molecule has 0 fully saturated rings. The normalized spacial score (nSPS) is 11.0. The van der Waals surface area contributed by atoms with Crippen LogP contribution >= 0.6 is 0 Å². The minimum atomic E-state index is 0.444. The van der Waals surface area contributed by atoms with Crippen molar-refractivity contribution in [3.8, 4) is 0 Å². The van der Waals surface area contributed by atoms with Gasteiger partial charge in [0.1, 0.15) is 6.61 Å². The number of nitrogens with two attached hydrogens (primary N) is 1. The number of hydrogen-bond donors (Lipinski definition) is 4. The molecule has 0 aliphatic rings. The number of carbonyl (C=O) groups excluding carboxylic acids is 1. The molecule has 0 spiro atoms. The molecule has 0 aliphatic carbocycles. The van der Waals surface area contributed by atoms with Crippen LogP contribution in [0.15, 0.2) is 54.1 Å². The third-order valence-electron chi connectivity index (χ3n) is 3.36. The molecule has 1 aromatic rings. The average molecular weight is 362 g/mol. The molecule has 0 bridgehead atoms. The SMILES string of the molecule is C=C(NC)/C(OCc1cc(C)ccc1C)=C(\C=C/C)OC.NNNC=O. The second kappa shape index (κ2) is 13.5. The number of allylic oxidation sites excluding steroid dienone is 2. The van der Waals surface area contributed by atoms with Gasteiger partial charge in [0, 0.05) is 7.05 Å². The van der Waals surface area contributed by atoms with Gasteiger partial charge in [-0.05, 0) is 38.0 Å². The van der Waals surface area contributed by atoms with Crippen LogP contribution in [0.2, 0.25) is 0 Å². The number of hydrazine groups is 2. The Kier molecular flexibility index (Phi) is 12.1. The fourth-order valence-corrected chi connectivity index (χ4v) is 1.95. The number of amides is 1. The van der Waals surface area contributed by atoms with E-state index in [1.807, 2.05) is 37.1 Å². The zero-order valence-corrected chi connectivity index (χ0v) is 16.2. The van der Waals surface area contributed by atoms with E-state index in [0.717, 1.165) is 5.56 Å². The lowest BCUT2D eigenvalue weighted by molar-refractivity contribution is -0.110. The van der Waals surface area contributed by atoms with Crippen molar-refractivity contribution in [2.75, 3.05) is 14.2 Å². The first-order valence-corrected chi connectivity index (χ1v) is 8.06. The molecule has 0 atom stereocenters. The first-order chi connectivity index (χ1) is 12.4. The molecule has 0 heterocycles. The van der Waals surface area contributed by atoms with Gasteiger partial charge in [0.2, 0.25) is 6.41 Å². The van der Waals surface area contributed by atoms with Crippen molar-refractivity contribution in [1.82, 2.24) is 16.3 Å². The highest BCUT2D eigenvalue weighted by Gasteiger charge is 2.11. The number of aryl methyl sites for hydroxylation is 2. The molecule has 1 rings (SSSR count). The maximum absolute atomic E-state index is 9.15. The van der Waals surface area contributed by atoms with E-state index in [0.29, 0.717) is 30.2 Å². The first-order valence-electron chi connectivity index (χ1n) is 8.06. The minimum Gasteiger partial charge on any atom is -0.493 e. The number of methoxy groups -OCH3 is 1. The van der Waals surface area contributed by atoms with Crippen LogP contribution in [0.1, 0.15) is 23.6 Å². The van der Waals surface area contributed by atoms with Crippen LogP contribution in [0.4, 0.5) is 0 Å². The lowest BCUT2D eigenvalue weighted by atomic mass is 10.1. The lowest BCUT2D eigenvalue weighted by Gasteiger charge is -2.16. The van der Waals surface area contributed by atoms with Crippen LogP contribution in [0.3, 0.4) is 0 Å². The van der Waals surface area contributed by atoms with E-state index in [2.05, 4.69) is 49.8 Å². The fourth-order valence-electron chi connectivity index (χ4n) is 1.95. The van der Waals surface area contributed by atoms with Gasteiger partial charge in [0.15, 0.2) is 11.5 Å². The Morgan fingerprint density at radius 3 is 2.50 bits per heavy atom. The molecule has 0 aromatic heterocycles. The Balaban J connectivity index is 0.00000110.